The van der Waals surface area contributed by atoms with Crippen molar-refractivity contribution in [3.05, 3.63) is 268 Å². The number of esters is 2. The summed E-state index contributed by atoms with van der Waals surface area (Å²) >= 11 is 26.7. The number of amides is 1. The third-order valence-electron chi connectivity index (χ3n) is 26.6. The van der Waals surface area contributed by atoms with Gasteiger partial charge >= 0.3 is 102 Å². The van der Waals surface area contributed by atoms with Crippen LogP contribution < -0.4 is 56.7 Å². The van der Waals surface area contributed by atoms with Crippen LogP contribution in [0.25, 0.3) is 35.4 Å². The van der Waals surface area contributed by atoms with Gasteiger partial charge in [0.25, 0.3) is 18.1 Å². The maximum atomic E-state index is 13.1. The molecule has 1 amide bonds. The van der Waals surface area contributed by atoms with E-state index in [-0.39, 0.29) is 127 Å². The summed E-state index contributed by atoms with van der Waals surface area (Å²) < 4.78 is 69.4. The molecular formula is C105H123Cl4Cu2KN12O20. The van der Waals surface area contributed by atoms with Gasteiger partial charge in [0.2, 0.25) is 18.5 Å². The first-order valence-electron chi connectivity index (χ1n) is 46.9. The second-order valence-electron chi connectivity index (χ2n) is 34.9. The molecule has 4 saturated carbocycles. The van der Waals surface area contributed by atoms with E-state index in [1.165, 1.54) is 23.6 Å². The van der Waals surface area contributed by atoms with Gasteiger partial charge in [-0.2, -0.15) is 19.8 Å². The zero-order chi connectivity index (χ0) is 102. The number of halogens is 4. The minimum atomic E-state index is -0.861. The Hall–Kier alpha value is -8.89. The van der Waals surface area contributed by atoms with Gasteiger partial charge in [-0.3, -0.25) is 24.0 Å². The van der Waals surface area contributed by atoms with Crippen LogP contribution >= 0.6 is 46.4 Å². The SMILES string of the molecule is CC#N.Cc1ccc(Cl)cc1.O=C1CCC2(CC1)OCCO2.O=C=O.[C-]#[N+]C(C(=O)OCC)=C1CCC2(CC1)OCCO2.[C-]#[N+]C(CC)C1(c2ccc(Cl)cc2)CCC2(CC1)OCCO2.[C-]#[N+]C(OC=O)C1(c2ccc(Cl)cc2)CCC2(CC1)OCCO2.[C-]#[N+]CC(=O)OCC.[C-]#[N+]CC1(c2ccc(Cl)cc2)CC=C(c2cccn3nc(Nc4ccc(C(=O)N(C)C5CCN(C)CC5)cc4)nc23)CC1.[Cu].[K+].[OH-].[O]=[Cu]. The molecule has 17 rings (SSSR count). The van der Waals surface area contributed by atoms with E-state index in [2.05, 4.69) is 111 Å². The molecule has 10 aliphatic rings. The van der Waals surface area contributed by atoms with E-state index in [1.54, 1.807) is 36.6 Å². The number of hydrogen-bond donors (Lipinski definition) is 1. The van der Waals surface area contributed by atoms with Crippen LogP contribution in [-0.2, 0) is 134 Å². The molecule has 5 aliphatic heterocycles. The number of nitriles is 1. The normalized spacial score (nSPS) is 20.6. The third-order valence-corrected chi connectivity index (χ3v) is 27.6. The van der Waals surface area contributed by atoms with Crippen LogP contribution in [0.15, 0.2) is 157 Å². The van der Waals surface area contributed by atoms with Crippen LogP contribution in [-0.4, -0.2) is 214 Å². The molecule has 4 spiro atoms. The number of anilines is 2. The minimum absolute atomic E-state index is 0. The van der Waals surface area contributed by atoms with Crippen molar-refractivity contribution in [2.75, 3.05) is 112 Å². The Morgan fingerprint density at radius 3 is 1.46 bits per heavy atom. The number of aryl methyl sites for hydroxylation is 1. The summed E-state index contributed by atoms with van der Waals surface area (Å²) in [5.74, 6) is -1.83. The number of nitrogens with one attached hydrogen (secondary N) is 1. The molecule has 2 N–H and O–H groups in total. The number of ketones is 1. The van der Waals surface area contributed by atoms with E-state index in [1.807, 2.05) is 116 Å². The zero-order valence-electron chi connectivity index (χ0n) is 82.4. The predicted molar refractivity (Wildman–Crippen MR) is 527 cm³/mol. The van der Waals surface area contributed by atoms with E-state index < -0.39 is 40.9 Å². The van der Waals surface area contributed by atoms with Gasteiger partial charge in [0.1, 0.15) is 11.2 Å². The molecule has 144 heavy (non-hydrogen) atoms. The van der Waals surface area contributed by atoms with E-state index in [9.17, 15) is 24.0 Å². The molecule has 9 fully saturated rings. The van der Waals surface area contributed by atoms with Gasteiger partial charge in [0, 0.05) is 151 Å². The number of fused-ring (bicyclic) bond motifs is 1. The number of benzene rings is 5. The molecule has 0 bridgehead atoms. The number of nitrogens with zero attached hydrogens (tertiary/aromatic N) is 11. The van der Waals surface area contributed by atoms with Crippen molar-refractivity contribution >= 4 is 106 Å². The number of carbonyl (C=O) groups excluding carboxylic acids is 7. The fourth-order valence-electron chi connectivity index (χ4n) is 19.0. The van der Waals surface area contributed by atoms with Crippen LogP contribution in [0.2, 0.25) is 20.1 Å². The van der Waals surface area contributed by atoms with E-state index in [4.69, 9.17) is 150 Å². The molecule has 5 saturated heterocycles. The summed E-state index contributed by atoms with van der Waals surface area (Å²) in [6.07, 6.45) is 20.6. The standard InChI is InChI=1S/C34H36ClN7O.C18H22ClNO2.C17H18ClNO4.C13H17NO4.C8H12O3.C7H7Cl.C5H7NO2.C2H3N.CO2.2Cu.K.H2O.O/c1-36-23-34(26-8-10-27(35)11-9-26)18-14-24(15-19-34)30-5-4-20-42-31(30)38-33(39-42)37-28-12-6-25(7-13-28)32(43)41(3)29-16-21-40(2)22-17-29;1-3-16(20-2)17(14-4-6-15(19)7-5-14)8-10-18(11-9-17)21-12-13-22-18;1-19-15(21-12-20)16(13-2-4-14(18)5-3-13)6-8-17(9-7-16)22-10-11-23-17;1-3-16-12(15)11(14-2)10-4-6-13(7-5-10)17-8-9-18-13;9-7-1-3-8(4-2-7)10-5-6-11-8;1-6-2-4-7(8)5-3-6;1-3-8-5(7)4-6-2;1-2-3;2-1-3;;;;;/h4-14,20,29H,15-19,21-23H2,2-3H3,(H,37,39);4-7,16H,3,8-13H2,1H3;2-5,12,15H,6-11H2;3-9H2,1H3;1-6H2;2-5H,1H3;3-4H2,1H3;1H3;;;;;1H2;/q;;;;;;;;;;;+1;;/p-1. The number of ether oxygens (including phenoxy) is 11. The van der Waals surface area contributed by atoms with Crippen LogP contribution in [0.3, 0.4) is 0 Å². The van der Waals surface area contributed by atoms with Crippen LogP contribution in [0, 0.1) is 51.1 Å². The van der Waals surface area contributed by atoms with Crippen LogP contribution in [0.5, 0.6) is 0 Å². The first kappa shape index (κ1) is 126. The number of pyridine rings is 1. The molecule has 5 aromatic carbocycles. The number of rotatable bonds is 18. The Balaban J connectivity index is 0.000000312. The molecule has 39 heteroatoms. The van der Waals surface area contributed by atoms with Gasteiger partial charge < -0.3 is 87.2 Å². The monoisotopic (exact) mass is 2180 g/mol. The predicted octanol–water partition coefficient (Wildman–Crippen LogP) is 17.3. The Bertz CT molecular complexity index is 5530. The summed E-state index contributed by atoms with van der Waals surface area (Å²) in [5, 5.41) is 18.2. The fourth-order valence-corrected chi connectivity index (χ4v) is 19.5. The van der Waals surface area contributed by atoms with Crippen molar-refractivity contribution in [1.82, 2.24) is 24.4 Å². The zero-order valence-corrected chi connectivity index (χ0v) is 90.4. The topological polar surface area (TPSA) is 362 Å². The first-order valence-corrected chi connectivity index (χ1v) is 48.8. The van der Waals surface area contributed by atoms with E-state index in [0.29, 0.717) is 171 Å². The Morgan fingerprint density at radius 2 is 1.06 bits per heavy atom. The van der Waals surface area contributed by atoms with Gasteiger partial charge in [-0.25, -0.2) is 40.4 Å². The number of likely N-dealkylation sites (tertiary alicyclic amines) is 1. The summed E-state index contributed by atoms with van der Waals surface area (Å²) in [4.78, 5) is 99.4. The van der Waals surface area contributed by atoms with Gasteiger partial charge in [-0.05, 0) is 219 Å². The van der Waals surface area contributed by atoms with Crippen molar-refractivity contribution in [2.45, 2.75) is 234 Å². The molecule has 32 nitrogen and oxygen atoms in total. The summed E-state index contributed by atoms with van der Waals surface area (Å²) in [7, 11) is 4.04. The van der Waals surface area contributed by atoms with E-state index in [0.717, 1.165) is 134 Å². The molecule has 5 aliphatic carbocycles. The van der Waals surface area contributed by atoms with Crippen molar-refractivity contribution < 1.29 is 179 Å². The molecule has 1 radical (unpaired) electrons. The molecule has 7 aromatic rings. The van der Waals surface area contributed by atoms with Gasteiger partial charge in [0.15, 0.2) is 28.8 Å². The van der Waals surface area contributed by atoms with Crippen molar-refractivity contribution in [2.24, 2.45) is 0 Å². The van der Waals surface area contributed by atoms with Crippen LogP contribution in [0.4, 0.5) is 11.6 Å². The second-order valence-corrected chi connectivity index (χ2v) is 36.6. The average Bonchev–Trinajstić information content (AvgIpc) is 1.39. The third kappa shape index (κ3) is 35.7. The average molecular weight is 2180 g/mol. The van der Waals surface area contributed by atoms with Gasteiger partial charge in [-0.15, -0.1) is 5.10 Å². The Labute approximate surface area is 924 Å². The van der Waals surface area contributed by atoms with Gasteiger partial charge in [-0.1, -0.05) is 119 Å². The number of aromatic nitrogens is 3. The van der Waals surface area contributed by atoms with Crippen molar-refractivity contribution in [1.29, 1.82) is 5.26 Å². The molecular weight excluding hydrogens is 2060 g/mol. The quantitative estimate of drug-likeness (QED) is 0.0208. The number of hydrogen-bond acceptors (Lipinski definition) is 25. The summed E-state index contributed by atoms with van der Waals surface area (Å²) in [5.41, 5.74) is 9.27. The first-order chi connectivity index (χ1) is 68.1. The van der Waals surface area contributed by atoms with Gasteiger partial charge in [0.05, 0.1) is 89.5 Å². The number of piperidine rings is 1. The number of Topliss-reactive ketones (excluding diaryl/α,β-unsaturated/α-hetero) is 1. The molecule has 3 atom stereocenters. The summed E-state index contributed by atoms with van der Waals surface area (Å²) in [6.45, 7) is 53.6. The van der Waals surface area contributed by atoms with E-state index >= 15 is 0 Å². The molecule has 2 aromatic heterocycles. The number of carbonyl (C=O) groups is 5. The summed E-state index contributed by atoms with van der Waals surface area (Å²) in [6, 6.07) is 44.8. The second kappa shape index (κ2) is 63.7. The van der Waals surface area contributed by atoms with Crippen molar-refractivity contribution in [3.63, 3.8) is 0 Å². The Morgan fingerprint density at radius 1 is 0.618 bits per heavy atom. The molecule has 7 heterocycles. The van der Waals surface area contributed by atoms with Crippen molar-refractivity contribution in [3.8, 4) is 6.07 Å². The maximum absolute atomic E-state index is 13.1. The number of allylic oxidation sites excluding steroid dienone is 3. The molecule has 774 valence electrons. The Kier molecular flexibility index (Phi) is 55.6. The van der Waals surface area contributed by atoms with Crippen LogP contribution in [0.1, 0.15) is 207 Å². The molecule has 3 unspecified atom stereocenters. The fraction of sp³-hybridized carbons (Fsp3) is 0.505.